The summed E-state index contributed by atoms with van der Waals surface area (Å²) >= 11 is 0. The molecule has 6 nitrogen and oxygen atoms in total. The minimum Gasteiger partial charge on any atom is -0.491 e. The minimum atomic E-state index is -1.84. The SMILES string of the molecule is COc1c(F)c(F)c(C(=O)NCc2ccc(-c3nc4ncccc4o3)cc2)c(F)c1F. The van der Waals surface area contributed by atoms with Gasteiger partial charge in [-0.3, -0.25) is 4.79 Å². The number of rotatable bonds is 5. The van der Waals surface area contributed by atoms with Gasteiger partial charge in [0.05, 0.1) is 7.11 Å². The van der Waals surface area contributed by atoms with E-state index < -0.39 is 40.5 Å². The number of hydrogen-bond acceptors (Lipinski definition) is 5. The van der Waals surface area contributed by atoms with Crippen LogP contribution < -0.4 is 10.1 Å². The Morgan fingerprint density at radius 3 is 2.32 bits per heavy atom. The Morgan fingerprint density at radius 2 is 1.71 bits per heavy atom. The summed E-state index contributed by atoms with van der Waals surface area (Å²) in [5.41, 5.74) is 0.811. The molecule has 4 aromatic rings. The summed E-state index contributed by atoms with van der Waals surface area (Å²) in [5.74, 6) is -9.47. The normalized spacial score (nSPS) is 11.0. The largest absolute Gasteiger partial charge is 0.491 e. The van der Waals surface area contributed by atoms with E-state index in [1.54, 1.807) is 42.6 Å². The van der Waals surface area contributed by atoms with Gasteiger partial charge in [0.2, 0.25) is 17.5 Å². The van der Waals surface area contributed by atoms with Crippen molar-refractivity contribution in [2.24, 2.45) is 0 Å². The Labute approximate surface area is 172 Å². The number of aromatic nitrogens is 2. The molecule has 2 heterocycles. The van der Waals surface area contributed by atoms with E-state index >= 15 is 0 Å². The first kappa shape index (κ1) is 20.3. The molecule has 2 aromatic heterocycles. The van der Waals surface area contributed by atoms with Crippen molar-refractivity contribution in [1.82, 2.24) is 15.3 Å². The average Bonchev–Trinajstić information content (AvgIpc) is 3.21. The lowest BCUT2D eigenvalue weighted by atomic mass is 10.1. The van der Waals surface area contributed by atoms with Gasteiger partial charge in [-0.25, -0.2) is 13.8 Å². The summed E-state index contributed by atoms with van der Waals surface area (Å²) < 4.78 is 65.6. The van der Waals surface area contributed by atoms with Gasteiger partial charge in [-0.2, -0.15) is 13.8 Å². The summed E-state index contributed by atoms with van der Waals surface area (Å²) in [6.07, 6.45) is 1.59. The average molecular weight is 431 g/mol. The van der Waals surface area contributed by atoms with Crippen molar-refractivity contribution in [3.8, 4) is 17.2 Å². The number of nitrogens with one attached hydrogen (secondary N) is 1. The summed E-state index contributed by atoms with van der Waals surface area (Å²) in [7, 11) is 0.848. The number of fused-ring (bicyclic) bond motifs is 1. The molecular weight excluding hydrogens is 418 g/mol. The topological polar surface area (TPSA) is 77.2 Å². The predicted molar refractivity (Wildman–Crippen MR) is 101 cm³/mol. The number of nitrogens with zero attached hydrogens (tertiary/aromatic N) is 2. The summed E-state index contributed by atoms with van der Waals surface area (Å²) in [6.45, 7) is -0.150. The van der Waals surface area contributed by atoms with Gasteiger partial charge in [0.15, 0.2) is 28.6 Å². The molecule has 0 aliphatic heterocycles. The molecular formula is C21H13F4N3O3. The number of carbonyl (C=O) groups excluding carboxylic acids is 1. The molecule has 0 aliphatic carbocycles. The Kier molecular flexibility index (Phi) is 5.28. The first-order valence-corrected chi connectivity index (χ1v) is 8.89. The van der Waals surface area contributed by atoms with E-state index in [0.717, 1.165) is 7.11 Å². The highest BCUT2D eigenvalue weighted by molar-refractivity contribution is 5.95. The lowest BCUT2D eigenvalue weighted by Crippen LogP contribution is -2.26. The fourth-order valence-corrected chi connectivity index (χ4v) is 2.92. The number of carbonyl (C=O) groups is 1. The number of ether oxygens (including phenoxy) is 1. The summed E-state index contributed by atoms with van der Waals surface area (Å²) in [4.78, 5) is 20.5. The zero-order chi connectivity index (χ0) is 22.1. The molecule has 10 heteroatoms. The summed E-state index contributed by atoms with van der Waals surface area (Å²) in [6, 6.07) is 10.0. The maximum Gasteiger partial charge on any atom is 0.257 e. The zero-order valence-corrected chi connectivity index (χ0v) is 15.9. The Balaban J connectivity index is 1.50. The highest BCUT2D eigenvalue weighted by Crippen LogP contribution is 2.30. The van der Waals surface area contributed by atoms with Gasteiger partial charge in [0, 0.05) is 18.3 Å². The highest BCUT2D eigenvalue weighted by atomic mass is 19.2. The molecule has 4 rings (SSSR count). The maximum absolute atomic E-state index is 14.0. The number of pyridine rings is 1. The first-order chi connectivity index (χ1) is 14.9. The quantitative estimate of drug-likeness (QED) is 0.375. The van der Waals surface area contributed by atoms with E-state index in [2.05, 4.69) is 20.0 Å². The lowest BCUT2D eigenvalue weighted by Gasteiger charge is -2.11. The van der Waals surface area contributed by atoms with Gasteiger partial charge in [-0.15, -0.1) is 0 Å². The van der Waals surface area contributed by atoms with Crippen molar-refractivity contribution in [2.45, 2.75) is 6.54 Å². The summed E-state index contributed by atoms with van der Waals surface area (Å²) in [5, 5.41) is 2.23. The Morgan fingerprint density at radius 1 is 1.03 bits per heavy atom. The van der Waals surface area contributed by atoms with E-state index in [1.165, 1.54) is 0 Å². The third-order valence-electron chi connectivity index (χ3n) is 4.47. The molecule has 0 aliphatic rings. The van der Waals surface area contributed by atoms with Crippen LogP contribution in [0.1, 0.15) is 15.9 Å². The van der Waals surface area contributed by atoms with Crippen LogP contribution in [0.25, 0.3) is 22.7 Å². The van der Waals surface area contributed by atoms with Crippen LogP contribution in [-0.2, 0) is 6.54 Å². The van der Waals surface area contributed by atoms with Crippen LogP contribution in [-0.4, -0.2) is 23.0 Å². The first-order valence-electron chi connectivity index (χ1n) is 8.89. The molecule has 31 heavy (non-hydrogen) atoms. The third kappa shape index (κ3) is 3.67. The fraction of sp³-hybridized carbons (Fsp3) is 0.0952. The van der Waals surface area contributed by atoms with Crippen molar-refractivity contribution in [1.29, 1.82) is 0 Å². The van der Waals surface area contributed by atoms with E-state index in [-0.39, 0.29) is 6.54 Å². The Bertz CT molecular complexity index is 1230. The molecule has 0 spiro atoms. The maximum atomic E-state index is 14.0. The van der Waals surface area contributed by atoms with Gasteiger partial charge < -0.3 is 14.5 Å². The Hall–Kier alpha value is -3.95. The molecule has 158 valence electrons. The van der Waals surface area contributed by atoms with Gasteiger partial charge in [0.1, 0.15) is 5.56 Å². The molecule has 1 amide bonds. The molecule has 1 N–H and O–H groups in total. The van der Waals surface area contributed by atoms with Gasteiger partial charge in [-0.05, 0) is 29.8 Å². The molecule has 2 aromatic carbocycles. The monoisotopic (exact) mass is 431 g/mol. The zero-order valence-electron chi connectivity index (χ0n) is 15.9. The van der Waals surface area contributed by atoms with E-state index in [0.29, 0.717) is 28.2 Å². The molecule has 0 unspecified atom stereocenters. The van der Waals surface area contributed by atoms with E-state index in [1.807, 2.05) is 0 Å². The van der Waals surface area contributed by atoms with Gasteiger partial charge >= 0.3 is 0 Å². The molecule has 0 saturated heterocycles. The van der Waals surface area contributed by atoms with E-state index in [9.17, 15) is 22.4 Å². The van der Waals surface area contributed by atoms with Gasteiger partial charge in [-0.1, -0.05) is 12.1 Å². The number of amides is 1. The minimum absolute atomic E-state index is 0.150. The van der Waals surface area contributed by atoms with Crippen LogP contribution in [0, 0.1) is 23.3 Å². The lowest BCUT2D eigenvalue weighted by molar-refractivity contribution is 0.0939. The smallest absolute Gasteiger partial charge is 0.257 e. The fourth-order valence-electron chi connectivity index (χ4n) is 2.92. The molecule has 0 atom stereocenters. The van der Waals surface area contributed by atoms with Crippen LogP contribution in [0.4, 0.5) is 17.6 Å². The van der Waals surface area contributed by atoms with Crippen LogP contribution >= 0.6 is 0 Å². The van der Waals surface area contributed by atoms with Crippen LogP contribution in [0.3, 0.4) is 0 Å². The van der Waals surface area contributed by atoms with Gasteiger partial charge in [0.25, 0.3) is 5.91 Å². The number of halogens is 4. The second-order valence-electron chi connectivity index (χ2n) is 6.39. The highest BCUT2D eigenvalue weighted by Gasteiger charge is 2.30. The standard InChI is InChI=1S/C21H13F4N3O3/c1-30-18-16(24)14(22)13(15(23)17(18)25)20(29)27-9-10-4-6-11(7-5-10)21-28-19-12(31-21)3-2-8-26-19/h2-8H,9H2,1H3,(H,27,29). The molecule has 0 radical (unpaired) electrons. The van der Waals surface area contributed by atoms with Crippen molar-refractivity contribution in [3.63, 3.8) is 0 Å². The van der Waals surface area contributed by atoms with E-state index in [4.69, 9.17) is 4.42 Å². The number of hydrogen-bond donors (Lipinski definition) is 1. The third-order valence-corrected chi connectivity index (χ3v) is 4.47. The molecule has 0 saturated carbocycles. The van der Waals surface area contributed by atoms with Crippen LogP contribution in [0.2, 0.25) is 0 Å². The molecule has 0 fully saturated rings. The van der Waals surface area contributed by atoms with Crippen molar-refractivity contribution in [2.75, 3.05) is 7.11 Å². The predicted octanol–water partition coefficient (Wildman–Crippen LogP) is 4.38. The van der Waals surface area contributed by atoms with Crippen LogP contribution in [0.15, 0.2) is 47.0 Å². The van der Waals surface area contributed by atoms with Crippen molar-refractivity contribution >= 4 is 17.1 Å². The number of methoxy groups -OCH3 is 1. The number of benzene rings is 2. The van der Waals surface area contributed by atoms with Crippen molar-refractivity contribution in [3.05, 3.63) is 77.0 Å². The van der Waals surface area contributed by atoms with Crippen LogP contribution in [0.5, 0.6) is 5.75 Å². The number of oxazole rings is 1. The second kappa shape index (κ2) is 8.05. The van der Waals surface area contributed by atoms with Crippen molar-refractivity contribution < 1.29 is 31.5 Å². The second-order valence-corrected chi connectivity index (χ2v) is 6.39. The molecule has 0 bridgehead atoms.